The van der Waals surface area contributed by atoms with E-state index < -0.39 is 0 Å². The minimum Gasteiger partial charge on any atom is -0.311 e. The smallest absolute Gasteiger partial charge is 0.0863 e. The Morgan fingerprint density at radius 2 is 2.11 bits per heavy atom. The van der Waals surface area contributed by atoms with E-state index in [1.54, 1.807) is 0 Å². The Balaban J connectivity index is 1.92. The zero-order chi connectivity index (χ0) is 13.2. The van der Waals surface area contributed by atoms with Gasteiger partial charge in [0.15, 0.2) is 0 Å². The monoisotopic (exact) mass is 269 g/mol. The highest BCUT2D eigenvalue weighted by Crippen LogP contribution is 2.43. The number of rotatable bonds is 6. The SMILES string of the molecule is CCc1nn(C)c(CNCC2(CC)CCC2)c1Cl. The zero-order valence-corrected chi connectivity index (χ0v) is 12.5. The summed E-state index contributed by atoms with van der Waals surface area (Å²) in [4.78, 5) is 0. The Bertz CT molecular complexity index is 402. The molecule has 1 fully saturated rings. The number of halogens is 1. The fourth-order valence-electron chi connectivity index (χ4n) is 2.79. The van der Waals surface area contributed by atoms with E-state index in [4.69, 9.17) is 11.6 Å². The maximum Gasteiger partial charge on any atom is 0.0863 e. The van der Waals surface area contributed by atoms with E-state index in [1.165, 1.54) is 25.7 Å². The Kier molecular flexibility index (Phi) is 4.33. The van der Waals surface area contributed by atoms with Gasteiger partial charge in [-0.2, -0.15) is 5.10 Å². The maximum atomic E-state index is 6.34. The van der Waals surface area contributed by atoms with Gasteiger partial charge in [0.25, 0.3) is 0 Å². The van der Waals surface area contributed by atoms with Crippen LogP contribution in [-0.4, -0.2) is 16.3 Å². The molecule has 1 aromatic heterocycles. The predicted octanol–water partition coefficient (Wildman–Crippen LogP) is 3.31. The fourth-order valence-corrected chi connectivity index (χ4v) is 3.15. The van der Waals surface area contributed by atoms with Crippen molar-refractivity contribution in [3.8, 4) is 0 Å². The lowest BCUT2D eigenvalue weighted by molar-refractivity contribution is 0.123. The molecule has 0 aliphatic heterocycles. The number of aryl methyl sites for hydroxylation is 2. The zero-order valence-electron chi connectivity index (χ0n) is 11.7. The van der Waals surface area contributed by atoms with Gasteiger partial charge in [-0.05, 0) is 31.1 Å². The molecule has 1 aliphatic carbocycles. The summed E-state index contributed by atoms with van der Waals surface area (Å²) in [7, 11) is 1.97. The van der Waals surface area contributed by atoms with Crippen LogP contribution in [0.25, 0.3) is 0 Å². The van der Waals surface area contributed by atoms with Crippen molar-refractivity contribution in [1.82, 2.24) is 15.1 Å². The highest BCUT2D eigenvalue weighted by Gasteiger charge is 2.34. The highest BCUT2D eigenvalue weighted by molar-refractivity contribution is 6.31. The van der Waals surface area contributed by atoms with Gasteiger partial charge >= 0.3 is 0 Å². The van der Waals surface area contributed by atoms with Gasteiger partial charge in [-0.1, -0.05) is 31.9 Å². The summed E-state index contributed by atoms with van der Waals surface area (Å²) in [6.07, 6.45) is 6.30. The molecule has 1 saturated carbocycles. The molecular formula is C14H24ClN3. The van der Waals surface area contributed by atoms with Crippen molar-refractivity contribution in [1.29, 1.82) is 0 Å². The van der Waals surface area contributed by atoms with Gasteiger partial charge < -0.3 is 5.32 Å². The van der Waals surface area contributed by atoms with Crippen LogP contribution in [0.4, 0.5) is 0 Å². The normalized spacial score (nSPS) is 17.8. The molecule has 0 saturated heterocycles. The molecule has 1 N–H and O–H groups in total. The van der Waals surface area contributed by atoms with Gasteiger partial charge in [0, 0.05) is 20.1 Å². The van der Waals surface area contributed by atoms with Crippen LogP contribution in [0, 0.1) is 5.41 Å². The topological polar surface area (TPSA) is 29.9 Å². The van der Waals surface area contributed by atoms with Crippen LogP contribution >= 0.6 is 11.6 Å². The van der Waals surface area contributed by atoms with Crippen molar-refractivity contribution < 1.29 is 0 Å². The first-order valence-corrected chi connectivity index (χ1v) is 7.40. The van der Waals surface area contributed by atoms with Gasteiger partial charge in [-0.25, -0.2) is 0 Å². The van der Waals surface area contributed by atoms with Gasteiger partial charge in [0.05, 0.1) is 16.4 Å². The van der Waals surface area contributed by atoms with Crippen LogP contribution in [0.2, 0.25) is 5.02 Å². The number of aromatic nitrogens is 2. The van der Waals surface area contributed by atoms with E-state index in [1.807, 2.05) is 11.7 Å². The summed E-state index contributed by atoms with van der Waals surface area (Å²) in [5.74, 6) is 0. The van der Waals surface area contributed by atoms with Gasteiger partial charge in [0.2, 0.25) is 0 Å². The molecule has 2 rings (SSSR count). The Morgan fingerprint density at radius 1 is 1.39 bits per heavy atom. The Morgan fingerprint density at radius 3 is 2.56 bits per heavy atom. The molecule has 1 heterocycles. The van der Waals surface area contributed by atoms with Crippen LogP contribution in [0.3, 0.4) is 0 Å². The summed E-state index contributed by atoms with van der Waals surface area (Å²) >= 11 is 6.34. The van der Waals surface area contributed by atoms with Crippen LogP contribution in [0.15, 0.2) is 0 Å². The van der Waals surface area contributed by atoms with Crippen molar-refractivity contribution in [2.45, 2.75) is 52.5 Å². The van der Waals surface area contributed by atoms with Crippen LogP contribution < -0.4 is 5.32 Å². The molecule has 4 heteroatoms. The van der Waals surface area contributed by atoms with E-state index in [0.717, 1.165) is 35.9 Å². The van der Waals surface area contributed by atoms with Crippen molar-refractivity contribution in [2.75, 3.05) is 6.54 Å². The molecule has 0 amide bonds. The summed E-state index contributed by atoms with van der Waals surface area (Å²) in [5, 5.41) is 8.85. The molecule has 0 aromatic carbocycles. The van der Waals surface area contributed by atoms with Crippen molar-refractivity contribution >= 4 is 11.6 Å². The number of nitrogens with one attached hydrogen (secondary N) is 1. The fraction of sp³-hybridized carbons (Fsp3) is 0.786. The lowest BCUT2D eigenvalue weighted by atomic mass is 9.67. The average Bonchev–Trinajstić information content (AvgIpc) is 2.59. The third-order valence-corrected chi connectivity index (χ3v) is 4.90. The molecule has 0 atom stereocenters. The molecule has 0 unspecified atom stereocenters. The molecule has 1 aromatic rings. The van der Waals surface area contributed by atoms with Gasteiger partial charge in [-0.15, -0.1) is 0 Å². The third-order valence-electron chi connectivity index (χ3n) is 4.46. The number of hydrogen-bond donors (Lipinski definition) is 1. The highest BCUT2D eigenvalue weighted by atomic mass is 35.5. The van der Waals surface area contributed by atoms with Crippen LogP contribution in [0.5, 0.6) is 0 Å². The maximum absolute atomic E-state index is 6.34. The summed E-state index contributed by atoms with van der Waals surface area (Å²) in [5.41, 5.74) is 2.67. The Labute approximate surface area is 115 Å². The summed E-state index contributed by atoms with van der Waals surface area (Å²) < 4.78 is 1.91. The lowest BCUT2D eigenvalue weighted by Crippen LogP contribution is -2.39. The first-order chi connectivity index (χ1) is 8.62. The van der Waals surface area contributed by atoms with E-state index in [9.17, 15) is 0 Å². The first kappa shape index (κ1) is 13.9. The number of hydrogen-bond acceptors (Lipinski definition) is 2. The molecular weight excluding hydrogens is 246 g/mol. The quantitative estimate of drug-likeness (QED) is 0.859. The van der Waals surface area contributed by atoms with E-state index >= 15 is 0 Å². The Hall–Kier alpha value is -0.540. The first-order valence-electron chi connectivity index (χ1n) is 7.03. The second-order valence-corrected chi connectivity index (χ2v) is 5.87. The van der Waals surface area contributed by atoms with Crippen molar-refractivity contribution in [2.24, 2.45) is 12.5 Å². The second-order valence-electron chi connectivity index (χ2n) is 5.50. The largest absolute Gasteiger partial charge is 0.311 e. The molecule has 0 bridgehead atoms. The average molecular weight is 270 g/mol. The third kappa shape index (κ3) is 2.57. The molecule has 1 aliphatic rings. The van der Waals surface area contributed by atoms with Crippen LogP contribution in [0.1, 0.15) is 50.9 Å². The van der Waals surface area contributed by atoms with E-state index in [-0.39, 0.29) is 0 Å². The molecule has 18 heavy (non-hydrogen) atoms. The molecule has 0 radical (unpaired) electrons. The summed E-state index contributed by atoms with van der Waals surface area (Å²) in [6, 6.07) is 0. The summed E-state index contributed by atoms with van der Waals surface area (Å²) in [6.45, 7) is 6.31. The van der Waals surface area contributed by atoms with Gasteiger partial charge in [-0.3, -0.25) is 4.68 Å². The minimum atomic E-state index is 0.554. The van der Waals surface area contributed by atoms with E-state index in [2.05, 4.69) is 24.3 Å². The molecule has 0 spiro atoms. The minimum absolute atomic E-state index is 0.554. The second kappa shape index (κ2) is 5.62. The van der Waals surface area contributed by atoms with E-state index in [0.29, 0.717) is 5.41 Å². The van der Waals surface area contributed by atoms with Crippen molar-refractivity contribution in [3.63, 3.8) is 0 Å². The standard InChI is InChI=1S/C14H24ClN3/c1-4-11-13(15)12(18(3)17-11)9-16-10-14(5-2)7-6-8-14/h16H,4-10H2,1-3H3. The molecule has 3 nitrogen and oxygen atoms in total. The van der Waals surface area contributed by atoms with Gasteiger partial charge in [0.1, 0.15) is 0 Å². The lowest BCUT2D eigenvalue weighted by Gasteiger charge is -2.41. The predicted molar refractivity (Wildman–Crippen MR) is 75.9 cm³/mol. The number of nitrogens with zero attached hydrogens (tertiary/aromatic N) is 2. The van der Waals surface area contributed by atoms with Crippen LogP contribution in [-0.2, 0) is 20.0 Å². The van der Waals surface area contributed by atoms with Crippen molar-refractivity contribution in [3.05, 3.63) is 16.4 Å². The molecule has 102 valence electrons.